The Balaban J connectivity index is 1.89. The molecule has 0 aliphatic carbocycles. The van der Waals surface area contributed by atoms with E-state index in [0.717, 1.165) is 17.5 Å². The standard InChI is InChI=1S/C27H37NO6/c1-5-32-24(25(29)30)19-21-11-13-23(14-12-21)33-18-17-28(16-15-27(2,3)4)26(31)34-20-22-9-7-6-8-10-22/h6-14,24H,5,15-20H2,1-4H3,(H,29,30). The van der Waals surface area contributed by atoms with Gasteiger partial charge in [0.05, 0.1) is 6.54 Å². The van der Waals surface area contributed by atoms with Gasteiger partial charge < -0.3 is 24.2 Å². The molecule has 1 unspecified atom stereocenters. The minimum absolute atomic E-state index is 0.0873. The lowest BCUT2D eigenvalue weighted by atomic mass is 9.92. The Morgan fingerprint density at radius 3 is 2.24 bits per heavy atom. The average Bonchev–Trinajstić information content (AvgIpc) is 2.80. The number of ether oxygens (including phenoxy) is 3. The quantitative estimate of drug-likeness (QED) is 0.434. The van der Waals surface area contributed by atoms with Crippen LogP contribution in [-0.2, 0) is 27.3 Å². The Morgan fingerprint density at radius 2 is 1.65 bits per heavy atom. The fourth-order valence-electron chi connectivity index (χ4n) is 3.20. The Kier molecular flexibility index (Phi) is 10.9. The molecular formula is C27H37NO6. The molecule has 0 aromatic heterocycles. The van der Waals surface area contributed by atoms with Crippen LogP contribution in [0.4, 0.5) is 4.79 Å². The van der Waals surface area contributed by atoms with Crippen molar-refractivity contribution in [1.82, 2.24) is 4.90 Å². The van der Waals surface area contributed by atoms with E-state index in [4.69, 9.17) is 14.2 Å². The molecule has 7 heteroatoms. The molecule has 1 atom stereocenters. The average molecular weight is 472 g/mol. The van der Waals surface area contributed by atoms with Crippen LogP contribution in [-0.4, -0.2) is 54.5 Å². The third-order valence-electron chi connectivity index (χ3n) is 5.21. The molecule has 7 nitrogen and oxygen atoms in total. The molecule has 2 rings (SSSR count). The molecule has 34 heavy (non-hydrogen) atoms. The maximum Gasteiger partial charge on any atom is 0.410 e. The van der Waals surface area contributed by atoms with Crippen molar-refractivity contribution in [3.05, 3.63) is 65.7 Å². The number of benzene rings is 2. The van der Waals surface area contributed by atoms with Crippen molar-refractivity contribution >= 4 is 12.1 Å². The smallest absolute Gasteiger partial charge is 0.410 e. The van der Waals surface area contributed by atoms with Gasteiger partial charge in [-0.25, -0.2) is 9.59 Å². The maximum absolute atomic E-state index is 12.7. The number of nitrogens with zero attached hydrogens (tertiary/aromatic N) is 1. The number of carboxylic acid groups (broad SMARTS) is 1. The van der Waals surface area contributed by atoms with Crippen LogP contribution in [0.25, 0.3) is 0 Å². The van der Waals surface area contributed by atoms with Crippen LogP contribution >= 0.6 is 0 Å². The van der Waals surface area contributed by atoms with E-state index in [-0.39, 0.29) is 24.5 Å². The molecule has 0 spiro atoms. The van der Waals surface area contributed by atoms with Gasteiger partial charge in [-0.15, -0.1) is 0 Å². The number of aliphatic carboxylic acids is 1. The summed E-state index contributed by atoms with van der Waals surface area (Å²) in [7, 11) is 0. The second kappa shape index (κ2) is 13.6. The van der Waals surface area contributed by atoms with E-state index in [9.17, 15) is 14.7 Å². The van der Waals surface area contributed by atoms with Gasteiger partial charge in [0.25, 0.3) is 0 Å². The van der Waals surface area contributed by atoms with Crippen LogP contribution in [0.1, 0.15) is 45.2 Å². The van der Waals surface area contributed by atoms with E-state index in [2.05, 4.69) is 20.8 Å². The second-order valence-electron chi connectivity index (χ2n) is 9.32. The molecule has 0 aliphatic rings. The lowest BCUT2D eigenvalue weighted by Gasteiger charge is -2.26. The topological polar surface area (TPSA) is 85.3 Å². The van der Waals surface area contributed by atoms with E-state index in [0.29, 0.717) is 32.1 Å². The molecule has 0 radical (unpaired) electrons. The molecule has 2 aromatic carbocycles. The van der Waals surface area contributed by atoms with Crippen LogP contribution in [0, 0.1) is 5.41 Å². The highest BCUT2D eigenvalue weighted by Gasteiger charge is 2.20. The molecule has 0 heterocycles. The summed E-state index contributed by atoms with van der Waals surface area (Å²) < 4.78 is 16.6. The van der Waals surface area contributed by atoms with E-state index >= 15 is 0 Å². The summed E-state index contributed by atoms with van der Waals surface area (Å²) >= 11 is 0. The molecule has 1 amide bonds. The van der Waals surface area contributed by atoms with Gasteiger partial charge >= 0.3 is 12.1 Å². The molecule has 186 valence electrons. The van der Waals surface area contributed by atoms with E-state index < -0.39 is 12.1 Å². The predicted molar refractivity (Wildman–Crippen MR) is 131 cm³/mol. The van der Waals surface area contributed by atoms with Gasteiger partial charge in [0, 0.05) is 19.6 Å². The zero-order valence-corrected chi connectivity index (χ0v) is 20.7. The Morgan fingerprint density at radius 1 is 0.971 bits per heavy atom. The summed E-state index contributed by atoms with van der Waals surface area (Å²) in [6, 6.07) is 16.9. The monoisotopic (exact) mass is 471 g/mol. The van der Waals surface area contributed by atoms with Crippen LogP contribution in [0.3, 0.4) is 0 Å². The van der Waals surface area contributed by atoms with Gasteiger partial charge in [-0.2, -0.15) is 0 Å². The number of carbonyl (C=O) groups is 2. The molecule has 1 N–H and O–H groups in total. The number of carbonyl (C=O) groups excluding carboxylic acids is 1. The number of hydrogen-bond acceptors (Lipinski definition) is 5. The number of amides is 1. The zero-order valence-electron chi connectivity index (χ0n) is 20.7. The molecule has 0 aliphatic heterocycles. The van der Waals surface area contributed by atoms with Crippen molar-refractivity contribution in [3.8, 4) is 5.75 Å². The van der Waals surface area contributed by atoms with Crippen molar-refractivity contribution < 1.29 is 28.9 Å². The number of carboxylic acids is 1. The minimum Gasteiger partial charge on any atom is -0.492 e. The van der Waals surface area contributed by atoms with Gasteiger partial charge in [-0.1, -0.05) is 63.2 Å². The van der Waals surface area contributed by atoms with E-state index in [1.807, 2.05) is 42.5 Å². The highest BCUT2D eigenvalue weighted by molar-refractivity contribution is 5.72. The molecule has 0 bridgehead atoms. The highest BCUT2D eigenvalue weighted by Crippen LogP contribution is 2.20. The Labute approximate surface area is 202 Å². The first kappa shape index (κ1) is 27.2. The molecule has 0 saturated carbocycles. The maximum atomic E-state index is 12.7. The van der Waals surface area contributed by atoms with Crippen molar-refractivity contribution in [2.24, 2.45) is 5.41 Å². The van der Waals surface area contributed by atoms with E-state index in [1.165, 1.54) is 0 Å². The van der Waals surface area contributed by atoms with Gasteiger partial charge in [-0.05, 0) is 42.0 Å². The van der Waals surface area contributed by atoms with E-state index in [1.54, 1.807) is 24.0 Å². The zero-order chi connectivity index (χ0) is 25.0. The fraction of sp³-hybridized carbons (Fsp3) is 0.481. The summed E-state index contributed by atoms with van der Waals surface area (Å²) in [5, 5.41) is 9.24. The van der Waals surface area contributed by atoms with Gasteiger partial charge in [0.15, 0.2) is 6.10 Å². The second-order valence-corrected chi connectivity index (χ2v) is 9.32. The molecule has 0 saturated heterocycles. The SMILES string of the molecule is CCOC(Cc1ccc(OCCN(CCC(C)(C)C)C(=O)OCc2ccccc2)cc1)C(=O)O. The molecule has 2 aromatic rings. The first-order valence-corrected chi connectivity index (χ1v) is 11.7. The largest absolute Gasteiger partial charge is 0.492 e. The van der Waals surface area contributed by atoms with Gasteiger partial charge in [-0.3, -0.25) is 0 Å². The van der Waals surface area contributed by atoms with Crippen molar-refractivity contribution in [3.63, 3.8) is 0 Å². The minimum atomic E-state index is -0.975. The van der Waals surface area contributed by atoms with Crippen LogP contribution in [0.15, 0.2) is 54.6 Å². The van der Waals surface area contributed by atoms with Crippen LogP contribution in [0.5, 0.6) is 5.75 Å². The lowest BCUT2D eigenvalue weighted by Crippen LogP contribution is -2.37. The summed E-state index contributed by atoms with van der Waals surface area (Å²) in [4.78, 5) is 25.7. The van der Waals surface area contributed by atoms with Crippen LogP contribution in [0.2, 0.25) is 0 Å². The van der Waals surface area contributed by atoms with Crippen molar-refractivity contribution in [1.29, 1.82) is 0 Å². The van der Waals surface area contributed by atoms with Crippen molar-refractivity contribution in [2.45, 2.75) is 53.2 Å². The third-order valence-corrected chi connectivity index (χ3v) is 5.21. The first-order valence-electron chi connectivity index (χ1n) is 11.7. The highest BCUT2D eigenvalue weighted by atomic mass is 16.6. The Bertz CT molecular complexity index is 876. The first-order chi connectivity index (χ1) is 16.2. The normalized spacial score (nSPS) is 12.1. The Hall–Kier alpha value is -3.06. The number of rotatable bonds is 13. The summed E-state index contributed by atoms with van der Waals surface area (Å²) in [5.41, 5.74) is 1.88. The van der Waals surface area contributed by atoms with Gasteiger partial charge in [0.1, 0.15) is 19.0 Å². The molecular weight excluding hydrogens is 434 g/mol. The van der Waals surface area contributed by atoms with Crippen molar-refractivity contribution in [2.75, 3.05) is 26.3 Å². The van der Waals surface area contributed by atoms with Gasteiger partial charge in [0.2, 0.25) is 0 Å². The van der Waals surface area contributed by atoms with Crippen LogP contribution < -0.4 is 4.74 Å². The summed E-state index contributed by atoms with van der Waals surface area (Å²) in [6.07, 6.45) is -0.0954. The molecule has 0 fully saturated rings. The summed E-state index contributed by atoms with van der Waals surface area (Å²) in [6.45, 7) is 10.1. The summed E-state index contributed by atoms with van der Waals surface area (Å²) in [5.74, 6) is -0.322. The number of hydrogen-bond donors (Lipinski definition) is 1. The third kappa shape index (κ3) is 10.3. The lowest BCUT2D eigenvalue weighted by molar-refractivity contribution is -0.149. The fourth-order valence-corrected chi connectivity index (χ4v) is 3.20. The predicted octanol–water partition coefficient (Wildman–Crippen LogP) is 5.17.